The summed E-state index contributed by atoms with van der Waals surface area (Å²) in [5.41, 5.74) is 0.303. The fraction of sp³-hybridized carbons (Fsp3) is 0.100. The van der Waals surface area contributed by atoms with E-state index in [1.54, 1.807) is 36.4 Å². The fourth-order valence-electron chi connectivity index (χ4n) is 3.40. The molecule has 3 aromatic rings. The topological polar surface area (TPSA) is 102 Å². The van der Waals surface area contributed by atoms with Gasteiger partial charge >= 0.3 is 0 Å². The van der Waals surface area contributed by atoms with Crippen molar-refractivity contribution in [2.45, 2.75) is 6.04 Å². The summed E-state index contributed by atoms with van der Waals surface area (Å²) in [5, 5.41) is 10.5. The predicted octanol–water partition coefficient (Wildman–Crippen LogP) is 3.38. The van der Waals surface area contributed by atoms with Crippen molar-refractivity contribution in [2.75, 3.05) is 11.7 Å². The lowest BCUT2D eigenvalue weighted by Gasteiger charge is -2.24. The number of ketones is 1. The molecule has 0 bridgehead atoms. The summed E-state index contributed by atoms with van der Waals surface area (Å²) in [5.74, 6) is -0.623. The molecular formula is C20H13NO7. The van der Waals surface area contributed by atoms with Gasteiger partial charge < -0.3 is 23.4 Å². The quantitative estimate of drug-likeness (QED) is 0.693. The third kappa shape index (κ3) is 2.31. The molecule has 0 fully saturated rings. The lowest BCUT2D eigenvalue weighted by Crippen LogP contribution is -2.30. The van der Waals surface area contributed by atoms with Gasteiger partial charge in [0.1, 0.15) is 11.8 Å². The van der Waals surface area contributed by atoms with Crippen LogP contribution < -0.4 is 14.4 Å². The lowest BCUT2D eigenvalue weighted by molar-refractivity contribution is -0.117. The molecule has 4 heterocycles. The first-order chi connectivity index (χ1) is 13.6. The molecular weight excluding hydrogens is 366 g/mol. The van der Waals surface area contributed by atoms with Crippen molar-refractivity contribution in [3.05, 3.63) is 77.8 Å². The monoisotopic (exact) mass is 379 g/mol. The number of rotatable bonds is 4. The first kappa shape index (κ1) is 16.2. The number of hydrogen-bond donors (Lipinski definition) is 1. The molecule has 0 radical (unpaired) electrons. The van der Waals surface area contributed by atoms with Gasteiger partial charge in [0.25, 0.3) is 5.91 Å². The molecule has 8 heteroatoms. The van der Waals surface area contributed by atoms with Gasteiger partial charge in [0, 0.05) is 11.8 Å². The second kappa shape index (κ2) is 6.05. The summed E-state index contributed by atoms with van der Waals surface area (Å²) in [6.45, 7) is 0.0834. The van der Waals surface area contributed by atoms with Crippen LogP contribution in [0.25, 0.3) is 0 Å². The van der Waals surface area contributed by atoms with Gasteiger partial charge in [-0.05, 0) is 36.4 Å². The highest BCUT2D eigenvalue weighted by atomic mass is 16.7. The average molecular weight is 379 g/mol. The zero-order valence-corrected chi connectivity index (χ0v) is 14.3. The van der Waals surface area contributed by atoms with Crippen molar-refractivity contribution in [3.63, 3.8) is 0 Å². The van der Waals surface area contributed by atoms with Crippen molar-refractivity contribution in [1.82, 2.24) is 0 Å². The van der Waals surface area contributed by atoms with Crippen molar-refractivity contribution in [3.8, 4) is 11.5 Å². The van der Waals surface area contributed by atoms with Gasteiger partial charge in [-0.2, -0.15) is 0 Å². The van der Waals surface area contributed by atoms with Crippen LogP contribution in [0, 0.1) is 0 Å². The van der Waals surface area contributed by atoms with Crippen molar-refractivity contribution in [1.29, 1.82) is 0 Å². The Morgan fingerprint density at radius 3 is 2.57 bits per heavy atom. The van der Waals surface area contributed by atoms with Crippen LogP contribution in [-0.2, 0) is 4.79 Å². The SMILES string of the molecule is O=C(C1=C(O)C(=O)N(c2ccc3c(c2)OCO3)C1c1ccco1)c1ccco1. The molecule has 1 aromatic carbocycles. The summed E-state index contributed by atoms with van der Waals surface area (Å²) in [6, 6.07) is 10.3. The average Bonchev–Trinajstić information content (AvgIpc) is 3.49. The molecule has 0 saturated carbocycles. The van der Waals surface area contributed by atoms with Gasteiger partial charge in [0.15, 0.2) is 23.0 Å². The maximum Gasteiger partial charge on any atom is 0.294 e. The molecule has 0 saturated heterocycles. The molecule has 1 N–H and O–H groups in total. The number of aliphatic hydroxyl groups is 1. The number of Topliss-reactive ketones (excluding diaryl/α,β-unsaturated/α-hetero) is 1. The minimum absolute atomic E-state index is 0.0124. The van der Waals surface area contributed by atoms with Gasteiger partial charge in [-0.25, -0.2) is 0 Å². The Morgan fingerprint density at radius 2 is 1.82 bits per heavy atom. The summed E-state index contributed by atoms with van der Waals surface area (Å²) >= 11 is 0. The zero-order chi connectivity index (χ0) is 19.3. The Bertz CT molecular complexity index is 1100. The molecule has 1 amide bonds. The van der Waals surface area contributed by atoms with Gasteiger partial charge in [-0.15, -0.1) is 0 Å². The maximum absolute atomic E-state index is 13.0. The second-order valence-corrected chi connectivity index (χ2v) is 6.20. The Kier molecular flexibility index (Phi) is 3.51. The standard InChI is InChI=1S/C20H13NO7/c22-18(14-4-2-8-26-14)16-17(13-3-1-7-25-13)21(20(24)19(16)23)11-5-6-12-15(9-11)28-10-27-12/h1-9,17,23H,10H2. The van der Waals surface area contributed by atoms with Crippen molar-refractivity contribution in [2.24, 2.45) is 0 Å². The minimum atomic E-state index is -0.958. The van der Waals surface area contributed by atoms with Crippen LogP contribution in [0.5, 0.6) is 11.5 Å². The molecule has 5 rings (SSSR count). The van der Waals surface area contributed by atoms with Gasteiger partial charge in [-0.1, -0.05) is 0 Å². The number of carbonyl (C=O) groups excluding carboxylic acids is 2. The number of anilines is 1. The van der Waals surface area contributed by atoms with E-state index < -0.39 is 23.5 Å². The van der Waals surface area contributed by atoms with E-state index in [0.717, 1.165) is 0 Å². The predicted molar refractivity (Wildman–Crippen MR) is 94.2 cm³/mol. The molecule has 1 atom stereocenters. The first-order valence-electron chi connectivity index (χ1n) is 8.43. The number of nitrogens with zero attached hydrogens (tertiary/aromatic N) is 1. The Balaban J connectivity index is 1.64. The summed E-state index contributed by atoms with van der Waals surface area (Å²) in [6.07, 6.45) is 2.78. The first-order valence-corrected chi connectivity index (χ1v) is 8.43. The summed E-state index contributed by atoms with van der Waals surface area (Å²) in [4.78, 5) is 27.2. The Hall–Kier alpha value is -3.94. The Labute approximate surface area is 158 Å². The van der Waals surface area contributed by atoms with Crippen LogP contribution in [0.4, 0.5) is 5.69 Å². The number of ether oxygens (including phenoxy) is 2. The van der Waals surface area contributed by atoms with E-state index in [9.17, 15) is 14.7 Å². The van der Waals surface area contributed by atoms with E-state index in [1.807, 2.05) is 0 Å². The molecule has 0 aliphatic carbocycles. The number of benzene rings is 1. The lowest BCUT2D eigenvalue weighted by atomic mass is 9.99. The number of furan rings is 2. The maximum atomic E-state index is 13.0. The zero-order valence-electron chi connectivity index (χ0n) is 14.3. The van der Waals surface area contributed by atoms with Gasteiger partial charge in [-0.3, -0.25) is 14.5 Å². The van der Waals surface area contributed by atoms with E-state index in [0.29, 0.717) is 22.9 Å². The van der Waals surface area contributed by atoms with Crippen LogP contribution in [0.1, 0.15) is 22.4 Å². The van der Waals surface area contributed by atoms with Crippen LogP contribution in [0.2, 0.25) is 0 Å². The number of aliphatic hydroxyl groups excluding tert-OH is 1. The van der Waals surface area contributed by atoms with E-state index in [1.165, 1.54) is 23.5 Å². The molecule has 1 unspecified atom stereocenters. The smallest absolute Gasteiger partial charge is 0.294 e. The molecule has 28 heavy (non-hydrogen) atoms. The highest BCUT2D eigenvalue weighted by Gasteiger charge is 2.46. The molecule has 2 aliphatic heterocycles. The third-order valence-electron chi connectivity index (χ3n) is 4.64. The molecule has 0 spiro atoms. The van der Waals surface area contributed by atoms with Crippen molar-refractivity contribution < 1.29 is 33.0 Å². The number of fused-ring (bicyclic) bond motifs is 1. The number of amides is 1. The fourth-order valence-corrected chi connectivity index (χ4v) is 3.40. The second-order valence-electron chi connectivity index (χ2n) is 6.20. The summed E-state index contributed by atoms with van der Waals surface area (Å²) in [7, 11) is 0. The number of hydrogen-bond acceptors (Lipinski definition) is 7. The normalized spacial score (nSPS) is 18.2. The van der Waals surface area contributed by atoms with Gasteiger partial charge in [0.2, 0.25) is 12.6 Å². The molecule has 2 aliphatic rings. The molecule has 2 aromatic heterocycles. The van der Waals surface area contributed by atoms with Crippen LogP contribution in [0.3, 0.4) is 0 Å². The van der Waals surface area contributed by atoms with Crippen LogP contribution in [0.15, 0.2) is 75.2 Å². The minimum Gasteiger partial charge on any atom is -0.503 e. The van der Waals surface area contributed by atoms with E-state index in [2.05, 4.69) is 0 Å². The highest BCUT2D eigenvalue weighted by Crippen LogP contribution is 2.44. The molecule has 8 nitrogen and oxygen atoms in total. The Morgan fingerprint density at radius 1 is 1.04 bits per heavy atom. The van der Waals surface area contributed by atoms with Crippen molar-refractivity contribution >= 4 is 17.4 Å². The third-order valence-corrected chi connectivity index (χ3v) is 4.64. The highest BCUT2D eigenvalue weighted by molar-refractivity contribution is 6.20. The van der Waals surface area contributed by atoms with Crippen LogP contribution in [-0.4, -0.2) is 23.6 Å². The van der Waals surface area contributed by atoms with Gasteiger partial charge in [0.05, 0.1) is 18.1 Å². The molecule has 140 valence electrons. The largest absolute Gasteiger partial charge is 0.503 e. The summed E-state index contributed by atoms with van der Waals surface area (Å²) < 4.78 is 21.3. The van der Waals surface area contributed by atoms with E-state index in [4.69, 9.17) is 18.3 Å². The van der Waals surface area contributed by atoms with E-state index in [-0.39, 0.29) is 18.1 Å². The van der Waals surface area contributed by atoms with E-state index >= 15 is 0 Å². The van der Waals surface area contributed by atoms with Crippen LogP contribution >= 0.6 is 0 Å². The number of carbonyl (C=O) groups is 2.